The van der Waals surface area contributed by atoms with Crippen molar-refractivity contribution in [2.45, 2.75) is 0 Å². The minimum atomic E-state index is -0.488. The number of amides is 1. The first kappa shape index (κ1) is 15.1. The van der Waals surface area contributed by atoms with Crippen LogP contribution in [-0.4, -0.2) is 26.7 Å². The van der Waals surface area contributed by atoms with E-state index >= 15 is 0 Å². The van der Waals surface area contributed by atoms with E-state index in [1.54, 1.807) is 19.2 Å². The first-order valence-corrected chi connectivity index (χ1v) is 6.46. The number of halogens is 2. The van der Waals surface area contributed by atoms with Gasteiger partial charge in [-0.25, -0.2) is 0 Å². The van der Waals surface area contributed by atoms with E-state index in [0.29, 0.717) is 0 Å². The van der Waals surface area contributed by atoms with Crippen molar-refractivity contribution in [3.63, 3.8) is 0 Å². The first-order valence-electron chi connectivity index (χ1n) is 5.71. The van der Waals surface area contributed by atoms with Gasteiger partial charge < -0.3 is 16.3 Å². The van der Waals surface area contributed by atoms with Gasteiger partial charge in [-0.15, -0.1) is 0 Å². The van der Waals surface area contributed by atoms with Gasteiger partial charge in [-0.1, -0.05) is 34.4 Å². The third kappa shape index (κ3) is 2.93. The van der Waals surface area contributed by atoms with Crippen LogP contribution in [0.15, 0.2) is 29.6 Å². The van der Waals surface area contributed by atoms with Gasteiger partial charge in [0.05, 0.1) is 27.4 Å². The first-order chi connectivity index (χ1) is 9.95. The zero-order valence-electron chi connectivity index (χ0n) is 10.8. The summed E-state index contributed by atoms with van der Waals surface area (Å²) in [5.41, 5.74) is 6.01. The summed E-state index contributed by atoms with van der Waals surface area (Å²) < 4.78 is 1.38. The lowest BCUT2D eigenvalue weighted by atomic mass is 10.2. The lowest BCUT2D eigenvalue weighted by Crippen LogP contribution is -2.20. The summed E-state index contributed by atoms with van der Waals surface area (Å²) in [7, 11) is 1.60. The fourth-order valence-electron chi connectivity index (χ4n) is 1.68. The number of aromatic nitrogens is 2. The van der Waals surface area contributed by atoms with Gasteiger partial charge in [0.1, 0.15) is 5.82 Å². The highest BCUT2D eigenvalue weighted by atomic mass is 35.5. The fraction of sp³-hybridized carbons (Fsp3) is 0.0833. The maximum atomic E-state index is 12.3. The van der Waals surface area contributed by atoms with Gasteiger partial charge in [0.2, 0.25) is 0 Å². The Morgan fingerprint density at radius 1 is 1.43 bits per heavy atom. The molecule has 2 rings (SSSR count). The van der Waals surface area contributed by atoms with E-state index in [1.807, 2.05) is 0 Å². The van der Waals surface area contributed by atoms with Gasteiger partial charge >= 0.3 is 0 Å². The largest absolute Gasteiger partial charge is 0.409 e. The van der Waals surface area contributed by atoms with Gasteiger partial charge in [0, 0.05) is 7.05 Å². The molecule has 0 saturated carbocycles. The summed E-state index contributed by atoms with van der Waals surface area (Å²) >= 11 is 11.9. The third-order valence-corrected chi connectivity index (χ3v) is 3.57. The van der Waals surface area contributed by atoms with Crippen molar-refractivity contribution in [1.82, 2.24) is 9.78 Å². The number of nitrogens with two attached hydrogens (primary N) is 1. The van der Waals surface area contributed by atoms with Crippen molar-refractivity contribution < 1.29 is 10.0 Å². The number of carbonyl (C=O) groups excluding carboxylic acids is 1. The molecule has 0 radical (unpaired) electrons. The van der Waals surface area contributed by atoms with Crippen LogP contribution in [-0.2, 0) is 7.05 Å². The molecular weight excluding hydrogens is 317 g/mol. The molecule has 0 aliphatic carbocycles. The molecule has 1 aromatic heterocycles. The van der Waals surface area contributed by atoms with Gasteiger partial charge in [-0.2, -0.15) is 5.10 Å². The Kier molecular flexibility index (Phi) is 4.35. The molecule has 0 fully saturated rings. The van der Waals surface area contributed by atoms with E-state index in [1.165, 1.54) is 16.9 Å². The monoisotopic (exact) mass is 327 g/mol. The van der Waals surface area contributed by atoms with Crippen molar-refractivity contribution in [2.24, 2.45) is 17.9 Å². The molecule has 110 valence electrons. The topological polar surface area (TPSA) is 106 Å². The number of carbonyl (C=O) groups is 1. The second-order valence-corrected chi connectivity index (χ2v) is 4.86. The summed E-state index contributed by atoms with van der Waals surface area (Å²) in [6.07, 6.45) is 1.37. The Morgan fingerprint density at radius 3 is 2.81 bits per heavy atom. The van der Waals surface area contributed by atoms with Crippen molar-refractivity contribution in [3.05, 3.63) is 45.6 Å². The molecule has 4 N–H and O–H groups in total. The van der Waals surface area contributed by atoms with E-state index in [9.17, 15) is 4.79 Å². The smallest absolute Gasteiger partial charge is 0.258 e. The standard InChI is InChI=1S/C12H11Cl2N5O2/c1-19-11(7(5-16-19)10(15)18-21)17-12(20)6-3-2-4-8(13)9(6)14/h2-5,21H,1H3,(H2,15,18)(H,17,20). The predicted octanol–water partition coefficient (Wildman–Crippen LogP) is 2.07. The molecule has 0 aliphatic rings. The fourth-order valence-corrected chi connectivity index (χ4v) is 2.07. The van der Waals surface area contributed by atoms with E-state index < -0.39 is 5.91 Å². The van der Waals surface area contributed by atoms with Crippen LogP contribution in [0.5, 0.6) is 0 Å². The number of rotatable bonds is 3. The highest BCUT2D eigenvalue weighted by molar-refractivity contribution is 6.44. The normalized spacial score (nSPS) is 11.5. The second-order valence-electron chi connectivity index (χ2n) is 4.07. The van der Waals surface area contributed by atoms with Crippen molar-refractivity contribution in [2.75, 3.05) is 5.32 Å². The Hall–Kier alpha value is -2.25. The molecule has 0 aliphatic heterocycles. The number of nitrogens with one attached hydrogen (secondary N) is 1. The molecule has 2 aromatic rings. The lowest BCUT2D eigenvalue weighted by Gasteiger charge is -2.09. The third-order valence-electron chi connectivity index (χ3n) is 2.75. The van der Waals surface area contributed by atoms with Crippen LogP contribution in [0, 0.1) is 0 Å². The highest BCUT2D eigenvalue weighted by Gasteiger charge is 2.18. The van der Waals surface area contributed by atoms with Crippen LogP contribution in [0.1, 0.15) is 15.9 Å². The minimum absolute atomic E-state index is 0.143. The van der Waals surface area contributed by atoms with E-state index in [4.69, 9.17) is 34.1 Å². The number of amidine groups is 1. The molecule has 21 heavy (non-hydrogen) atoms. The number of aryl methyl sites for hydroxylation is 1. The molecular formula is C12H11Cl2N5O2. The highest BCUT2D eigenvalue weighted by Crippen LogP contribution is 2.26. The van der Waals surface area contributed by atoms with Crippen LogP contribution in [0.2, 0.25) is 10.0 Å². The Labute approximate surface area is 129 Å². The number of nitrogens with zero attached hydrogens (tertiary/aromatic N) is 3. The average molecular weight is 328 g/mol. The Balaban J connectivity index is 2.37. The van der Waals surface area contributed by atoms with Gasteiger partial charge in [0.15, 0.2) is 5.84 Å². The molecule has 0 saturated heterocycles. The molecule has 0 unspecified atom stereocenters. The van der Waals surface area contributed by atoms with Crippen molar-refractivity contribution in [3.8, 4) is 0 Å². The quantitative estimate of drug-likeness (QED) is 0.347. The number of oxime groups is 1. The Morgan fingerprint density at radius 2 is 2.14 bits per heavy atom. The molecule has 0 bridgehead atoms. The van der Waals surface area contributed by atoms with Crippen LogP contribution in [0.3, 0.4) is 0 Å². The van der Waals surface area contributed by atoms with E-state index in [-0.39, 0.29) is 32.8 Å². The SMILES string of the molecule is Cn1ncc(C(N)=NO)c1NC(=O)c1cccc(Cl)c1Cl. The second kappa shape index (κ2) is 6.02. The van der Waals surface area contributed by atoms with Crippen LogP contribution in [0.4, 0.5) is 5.82 Å². The molecule has 1 aromatic carbocycles. The summed E-state index contributed by atoms with van der Waals surface area (Å²) in [5, 5.41) is 18.6. The predicted molar refractivity (Wildman–Crippen MR) is 80.1 cm³/mol. The van der Waals surface area contributed by atoms with Crippen molar-refractivity contribution in [1.29, 1.82) is 0 Å². The van der Waals surface area contributed by atoms with Crippen LogP contribution >= 0.6 is 23.2 Å². The summed E-state index contributed by atoms with van der Waals surface area (Å²) in [6.45, 7) is 0. The number of benzene rings is 1. The molecule has 0 atom stereocenters. The van der Waals surface area contributed by atoms with Crippen molar-refractivity contribution >= 4 is 40.8 Å². The number of hydrogen-bond acceptors (Lipinski definition) is 4. The van der Waals surface area contributed by atoms with E-state index in [2.05, 4.69) is 15.6 Å². The van der Waals surface area contributed by atoms with Gasteiger partial charge in [-0.3, -0.25) is 9.48 Å². The molecule has 0 spiro atoms. The summed E-state index contributed by atoms with van der Waals surface area (Å²) in [5.74, 6) is -0.389. The van der Waals surface area contributed by atoms with Gasteiger partial charge in [-0.05, 0) is 12.1 Å². The molecule has 1 heterocycles. The number of anilines is 1. The Bertz CT molecular complexity index is 726. The van der Waals surface area contributed by atoms with Gasteiger partial charge in [0.25, 0.3) is 5.91 Å². The lowest BCUT2D eigenvalue weighted by molar-refractivity contribution is 0.102. The molecule has 9 heteroatoms. The zero-order chi connectivity index (χ0) is 15.6. The van der Waals surface area contributed by atoms with Crippen LogP contribution in [0.25, 0.3) is 0 Å². The minimum Gasteiger partial charge on any atom is -0.409 e. The van der Waals surface area contributed by atoms with Crippen LogP contribution < -0.4 is 11.1 Å². The van der Waals surface area contributed by atoms with E-state index in [0.717, 1.165) is 0 Å². The maximum Gasteiger partial charge on any atom is 0.258 e. The molecule has 1 amide bonds. The average Bonchev–Trinajstić information content (AvgIpc) is 2.82. The molecule has 7 nitrogen and oxygen atoms in total. The summed E-state index contributed by atoms with van der Waals surface area (Å²) in [6, 6.07) is 4.71. The maximum absolute atomic E-state index is 12.3. The zero-order valence-corrected chi connectivity index (χ0v) is 12.4. The summed E-state index contributed by atoms with van der Waals surface area (Å²) in [4.78, 5) is 12.3. The number of hydrogen-bond donors (Lipinski definition) is 3.